The number of carbonyl (C=O) groups excluding carboxylic acids is 6. The molecule has 7 atom stereocenters. The zero-order chi connectivity index (χ0) is 33.7. The van der Waals surface area contributed by atoms with Gasteiger partial charge in [-0.1, -0.05) is 0 Å². The maximum absolute atomic E-state index is 13.3. The highest BCUT2D eigenvalue weighted by Gasteiger charge is 2.37. The molecule has 2 aliphatic heterocycles. The summed E-state index contributed by atoms with van der Waals surface area (Å²) in [6, 6.07) is -7.67. The predicted molar refractivity (Wildman–Crippen MR) is 157 cm³/mol. The SMILES string of the molecule is N=C1NC([C@@H]2NC(=O)/C(=C/N)NC(=O)[C@H](CNC(=O)C[C@@H](N)CCCN)NC(=O)[C@H](CO)NC(=O)[C@@H](N)CNC2=O)C[C@@H](O)N1. The van der Waals surface area contributed by atoms with Crippen LogP contribution in [-0.2, 0) is 28.8 Å². The third-order valence-corrected chi connectivity index (χ3v) is 6.77. The van der Waals surface area contributed by atoms with Gasteiger partial charge in [-0.25, -0.2) is 0 Å². The van der Waals surface area contributed by atoms with Crippen LogP contribution in [0.5, 0.6) is 0 Å². The van der Waals surface area contributed by atoms with E-state index in [0.717, 1.165) is 6.20 Å². The van der Waals surface area contributed by atoms with Gasteiger partial charge in [-0.05, 0) is 19.4 Å². The zero-order valence-electron chi connectivity index (χ0n) is 24.4. The minimum atomic E-state index is -1.60. The molecule has 0 saturated carbocycles. The molecule has 252 valence electrons. The van der Waals surface area contributed by atoms with Crippen LogP contribution in [0.2, 0.25) is 0 Å². The standard InChI is InChI=1S/C24H43N13O8/c25-3-1-2-10(27)4-16(39)30-8-14-21(43)32-13(6-26)20(42)37-18(12-5-17(40)36-24(29)35-12)23(45)31-7-11(28)19(41)34-15(9-38)22(44)33-14/h6,10-12,14-15,17-18,38,40H,1-5,7-9,25-28H2,(H,30,39)(H,31,45)(H,32,43)(H,33,44)(H,34,41)(H,37,42)(H3,29,35,36)/b13-6-/t10-,11-,12?,14-,15-,17+,18-/m0/s1. The molecule has 0 spiro atoms. The van der Waals surface area contributed by atoms with Crippen molar-refractivity contribution in [2.45, 2.75) is 68.2 Å². The quantitative estimate of drug-likeness (QED) is 0.104. The number of aliphatic hydroxyl groups is 2. The van der Waals surface area contributed by atoms with Crippen LogP contribution in [0.1, 0.15) is 25.7 Å². The van der Waals surface area contributed by atoms with Crippen LogP contribution in [0.3, 0.4) is 0 Å². The highest BCUT2D eigenvalue weighted by Crippen LogP contribution is 2.09. The Balaban J connectivity index is 2.36. The number of nitrogens with one attached hydrogen (secondary N) is 9. The van der Waals surface area contributed by atoms with Crippen molar-refractivity contribution in [3.63, 3.8) is 0 Å². The smallest absolute Gasteiger partial charge is 0.270 e. The molecule has 2 heterocycles. The van der Waals surface area contributed by atoms with E-state index < -0.39 is 103 Å². The normalized spacial score (nSPS) is 28.8. The van der Waals surface area contributed by atoms with Crippen molar-refractivity contribution in [1.82, 2.24) is 42.5 Å². The molecule has 21 heteroatoms. The summed E-state index contributed by atoms with van der Waals surface area (Å²) in [5, 5.41) is 46.6. The van der Waals surface area contributed by atoms with Crippen LogP contribution in [0.25, 0.3) is 0 Å². The highest BCUT2D eigenvalue weighted by atomic mass is 16.3. The number of carbonyl (C=O) groups is 6. The number of amides is 6. The summed E-state index contributed by atoms with van der Waals surface area (Å²) in [5.74, 6) is -5.91. The summed E-state index contributed by atoms with van der Waals surface area (Å²) in [6.07, 6.45) is 0.240. The van der Waals surface area contributed by atoms with Gasteiger partial charge in [0.2, 0.25) is 29.5 Å². The van der Waals surface area contributed by atoms with Gasteiger partial charge >= 0.3 is 0 Å². The molecule has 19 N–H and O–H groups in total. The Morgan fingerprint density at radius 1 is 1.02 bits per heavy atom. The van der Waals surface area contributed by atoms with Crippen LogP contribution in [-0.4, -0.2) is 120 Å². The minimum Gasteiger partial charge on any atom is -0.403 e. The summed E-state index contributed by atoms with van der Waals surface area (Å²) < 4.78 is 0. The second-order valence-electron chi connectivity index (χ2n) is 10.4. The monoisotopic (exact) mass is 641 g/mol. The van der Waals surface area contributed by atoms with E-state index in [4.69, 9.17) is 28.3 Å². The van der Waals surface area contributed by atoms with Crippen molar-refractivity contribution in [3.05, 3.63) is 11.9 Å². The van der Waals surface area contributed by atoms with Crippen molar-refractivity contribution < 1.29 is 39.0 Å². The number of hydrogen-bond donors (Lipinski definition) is 15. The van der Waals surface area contributed by atoms with Gasteiger partial charge in [0.15, 0.2) is 5.96 Å². The van der Waals surface area contributed by atoms with Gasteiger partial charge in [0.25, 0.3) is 5.91 Å². The molecule has 0 aromatic rings. The molecule has 45 heavy (non-hydrogen) atoms. The molecule has 2 rings (SSSR count). The fraction of sp³-hybridized carbons (Fsp3) is 0.625. The highest BCUT2D eigenvalue weighted by molar-refractivity contribution is 6.02. The van der Waals surface area contributed by atoms with Gasteiger partial charge in [0, 0.05) is 38.2 Å². The number of guanidine groups is 1. The molecular weight excluding hydrogens is 598 g/mol. The number of nitrogens with two attached hydrogens (primary N) is 4. The van der Waals surface area contributed by atoms with Gasteiger partial charge in [-0.3, -0.25) is 34.2 Å². The Bertz CT molecular complexity index is 1150. The molecular formula is C24H43N13O8. The van der Waals surface area contributed by atoms with Gasteiger partial charge in [0.05, 0.1) is 12.6 Å². The lowest BCUT2D eigenvalue weighted by Crippen LogP contribution is -2.66. The number of aliphatic hydroxyl groups excluding tert-OH is 2. The first-order valence-corrected chi connectivity index (χ1v) is 14.1. The van der Waals surface area contributed by atoms with E-state index in [1.165, 1.54) is 0 Å². The summed E-state index contributed by atoms with van der Waals surface area (Å²) in [6.45, 7) is -1.52. The Hall–Kier alpha value is -4.57. The van der Waals surface area contributed by atoms with Crippen molar-refractivity contribution >= 4 is 41.4 Å². The molecule has 6 amide bonds. The largest absolute Gasteiger partial charge is 0.403 e. The molecule has 21 nitrogen and oxygen atoms in total. The molecule has 0 bridgehead atoms. The van der Waals surface area contributed by atoms with E-state index in [-0.39, 0.29) is 18.8 Å². The molecule has 0 radical (unpaired) electrons. The average molecular weight is 642 g/mol. The maximum atomic E-state index is 13.3. The second kappa shape index (κ2) is 17.7. The van der Waals surface area contributed by atoms with Crippen LogP contribution >= 0.6 is 0 Å². The summed E-state index contributed by atoms with van der Waals surface area (Å²) in [4.78, 5) is 77.7. The molecule has 2 aliphatic rings. The third kappa shape index (κ3) is 11.5. The summed E-state index contributed by atoms with van der Waals surface area (Å²) in [7, 11) is 0. The van der Waals surface area contributed by atoms with Crippen LogP contribution in [0.4, 0.5) is 0 Å². The van der Waals surface area contributed by atoms with Gasteiger partial charge in [0.1, 0.15) is 36.1 Å². The minimum absolute atomic E-state index is 0.119. The molecule has 1 unspecified atom stereocenters. The van der Waals surface area contributed by atoms with Gasteiger partial charge in [-0.2, -0.15) is 0 Å². The summed E-state index contributed by atoms with van der Waals surface area (Å²) in [5.41, 5.74) is 22.3. The van der Waals surface area contributed by atoms with E-state index in [9.17, 15) is 39.0 Å². The van der Waals surface area contributed by atoms with Crippen LogP contribution in [0, 0.1) is 5.41 Å². The molecule has 0 aromatic heterocycles. The third-order valence-electron chi connectivity index (χ3n) is 6.77. The van der Waals surface area contributed by atoms with Crippen molar-refractivity contribution in [2.75, 3.05) is 26.2 Å². The Kier molecular flexibility index (Phi) is 14.4. The predicted octanol–water partition coefficient (Wildman–Crippen LogP) is -8.42. The van der Waals surface area contributed by atoms with Crippen LogP contribution < -0.4 is 65.5 Å². The molecule has 2 saturated heterocycles. The van der Waals surface area contributed by atoms with Crippen molar-refractivity contribution in [1.29, 1.82) is 5.41 Å². The topological polar surface area (TPSA) is 367 Å². The van der Waals surface area contributed by atoms with Crippen molar-refractivity contribution in [2.24, 2.45) is 22.9 Å². The van der Waals surface area contributed by atoms with Crippen molar-refractivity contribution in [3.8, 4) is 0 Å². The Morgan fingerprint density at radius 3 is 2.33 bits per heavy atom. The Morgan fingerprint density at radius 2 is 1.71 bits per heavy atom. The lowest BCUT2D eigenvalue weighted by molar-refractivity contribution is -0.134. The Labute approximate surface area is 257 Å². The molecule has 0 aliphatic carbocycles. The maximum Gasteiger partial charge on any atom is 0.270 e. The number of hydrogen-bond acceptors (Lipinski definition) is 13. The van der Waals surface area contributed by atoms with E-state index in [2.05, 4.69) is 42.5 Å². The lowest BCUT2D eigenvalue weighted by Gasteiger charge is -2.35. The number of rotatable bonds is 9. The zero-order valence-corrected chi connectivity index (χ0v) is 24.4. The fourth-order valence-corrected chi connectivity index (χ4v) is 4.31. The van der Waals surface area contributed by atoms with Gasteiger partial charge < -0.3 is 75.7 Å². The van der Waals surface area contributed by atoms with E-state index in [1.54, 1.807) is 0 Å². The van der Waals surface area contributed by atoms with E-state index in [0.29, 0.717) is 19.4 Å². The van der Waals surface area contributed by atoms with Crippen LogP contribution in [0.15, 0.2) is 11.9 Å². The first-order valence-electron chi connectivity index (χ1n) is 14.1. The van der Waals surface area contributed by atoms with Gasteiger partial charge in [-0.15, -0.1) is 0 Å². The first-order chi connectivity index (χ1) is 21.3. The van der Waals surface area contributed by atoms with E-state index in [1.807, 2.05) is 0 Å². The molecule has 2 fully saturated rings. The average Bonchev–Trinajstić information content (AvgIpc) is 2.99. The summed E-state index contributed by atoms with van der Waals surface area (Å²) >= 11 is 0. The second-order valence-corrected chi connectivity index (χ2v) is 10.4. The van der Waals surface area contributed by atoms with E-state index >= 15 is 0 Å². The molecule has 0 aromatic carbocycles. The lowest BCUT2D eigenvalue weighted by atomic mass is 10.0. The first kappa shape index (κ1) is 36.6. The fourth-order valence-electron chi connectivity index (χ4n) is 4.31.